The normalized spacial score (nSPS) is 26.1. The van der Waals surface area contributed by atoms with Crippen LogP contribution in [-0.4, -0.2) is 65.4 Å². The fourth-order valence-corrected chi connectivity index (χ4v) is 6.90. The van der Waals surface area contributed by atoms with Crippen LogP contribution >= 0.6 is 11.3 Å². The van der Waals surface area contributed by atoms with Gasteiger partial charge in [0.2, 0.25) is 0 Å². The summed E-state index contributed by atoms with van der Waals surface area (Å²) in [7, 11) is 0. The van der Waals surface area contributed by atoms with E-state index in [0.717, 1.165) is 68.3 Å². The van der Waals surface area contributed by atoms with E-state index in [0.29, 0.717) is 29.7 Å². The van der Waals surface area contributed by atoms with Crippen LogP contribution in [0, 0.1) is 5.92 Å². The highest BCUT2D eigenvalue weighted by Gasteiger charge is 2.30. The maximum Gasteiger partial charge on any atom is 0.274 e. The van der Waals surface area contributed by atoms with Crippen molar-refractivity contribution in [3.05, 3.63) is 52.7 Å². The summed E-state index contributed by atoms with van der Waals surface area (Å²) in [6.45, 7) is 3.58. The van der Waals surface area contributed by atoms with Crippen molar-refractivity contribution >= 4 is 28.1 Å². The summed E-state index contributed by atoms with van der Waals surface area (Å²) < 4.78 is 25.1. The van der Waals surface area contributed by atoms with Crippen LogP contribution in [0.15, 0.2) is 36.5 Å². The molecule has 4 heterocycles. The Balaban J connectivity index is 0.950. The van der Waals surface area contributed by atoms with E-state index in [1.54, 1.807) is 17.5 Å². The first kappa shape index (κ1) is 25.6. The molecule has 2 atom stereocenters. The third-order valence-corrected chi connectivity index (χ3v) is 9.24. The molecule has 1 N–H and O–H groups in total. The average Bonchev–Trinajstić information content (AvgIpc) is 3.35. The molecule has 0 spiro atoms. The second kappa shape index (κ2) is 11.6. The number of alkyl halides is 1. The Hall–Kier alpha value is -2.62. The quantitative estimate of drug-likeness (QED) is 0.460. The Labute approximate surface area is 226 Å². The molecule has 0 bridgehead atoms. The predicted octanol–water partition coefficient (Wildman–Crippen LogP) is 4.93. The van der Waals surface area contributed by atoms with Crippen molar-refractivity contribution in [1.82, 2.24) is 20.2 Å². The average molecular weight is 539 g/mol. The van der Waals surface area contributed by atoms with Crippen molar-refractivity contribution in [3.8, 4) is 5.19 Å². The summed E-state index contributed by atoms with van der Waals surface area (Å²) in [5.74, 6) is 0.692. The number of carbonyl (C=O) groups excluding carboxylic acids is 1. The second-order valence-electron chi connectivity index (χ2n) is 10.8. The van der Waals surface area contributed by atoms with E-state index in [4.69, 9.17) is 14.5 Å². The zero-order valence-electron chi connectivity index (χ0n) is 21.6. The Bertz CT molecular complexity index is 1260. The number of aromatic nitrogens is 2. The van der Waals surface area contributed by atoms with Crippen LogP contribution in [0.4, 0.5) is 4.39 Å². The topological polar surface area (TPSA) is 76.6 Å². The van der Waals surface area contributed by atoms with Crippen LogP contribution in [0.2, 0.25) is 0 Å². The van der Waals surface area contributed by atoms with Gasteiger partial charge in [0.15, 0.2) is 6.17 Å². The SMILES string of the molecule is O=C(NC1CCC(CCN2CCc3sc(OC4CCOCC4F)nc3C2)CC1)c1cccc2ncccc12. The number of ether oxygens (including phenoxy) is 2. The highest BCUT2D eigenvalue weighted by atomic mass is 32.1. The fraction of sp³-hybridized carbons (Fsp3) is 0.552. The Kier molecular flexibility index (Phi) is 7.85. The van der Waals surface area contributed by atoms with Gasteiger partial charge in [-0.2, -0.15) is 0 Å². The van der Waals surface area contributed by atoms with Gasteiger partial charge in [-0.05, 0) is 69.2 Å². The third kappa shape index (κ3) is 5.84. The van der Waals surface area contributed by atoms with Crippen LogP contribution in [0.25, 0.3) is 10.9 Å². The number of rotatable bonds is 7. The number of nitrogens with one attached hydrogen (secondary N) is 1. The highest BCUT2D eigenvalue weighted by Crippen LogP contribution is 2.33. The summed E-state index contributed by atoms with van der Waals surface area (Å²) in [4.78, 5) is 25.8. The first-order valence-electron chi connectivity index (χ1n) is 13.9. The smallest absolute Gasteiger partial charge is 0.274 e. The molecule has 2 aliphatic heterocycles. The van der Waals surface area contributed by atoms with Crippen molar-refractivity contribution in [2.24, 2.45) is 5.92 Å². The minimum atomic E-state index is -1.08. The zero-order valence-corrected chi connectivity index (χ0v) is 22.4. The van der Waals surface area contributed by atoms with E-state index in [-0.39, 0.29) is 18.6 Å². The number of thiazole rings is 1. The van der Waals surface area contributed by atoms with Gasteiger partial charge in [-0.1, -0.05) is 23.5 Å². The van der Waals surface area contributed by atoms with Crippen molar-refractivity contribution < 1.29 is 18.7 Å². The first-order chi connectivity index (χ1) is 18.6. The van der Waals surface area contributed by atoms with E-state index in [1.807, 2.05) is 30.3 Å². The minimum absolute atomic E-state index is 0.00152. The summed E-state index contributed by atoms with van der Waals surface area (Å²) in [5.41, 5.74) is 2.65. The highest BCUT2D eigenvalue weighted by molar-refractivity contribution is 7.13. The number of amides is 1. The van der Waals surface area contributed by atoms with Crippen LogP contribution in [0.3, 0.4) is 0 Å². The first-order valence-corrected chi connectivity index (χ1v) is 14.7. The molecule has 3 aromatic rings. The Morgan fingerprint density at radius 2 is 2.08 bits per heavy atom. The largest absolute Gasteiger partial charge is 0.463 e. The lowest BCUT2D eigenvalue weighted by molar-refractivity contribution is -0.0383. The third-order valence-electron chi connectivity index (χ3n) is 8.19. The maximum atomic E-state index is 14.1. The number of nitrogens with zero attached hydrogens (tertiary/aromatic N) is 3. The van der Waals surface area contributed by atoms with Crippen LogP contribution < -0.4 is 10.1 Å². The monoisotopic (exact) mass is 538 g/mol. The standard InChI is InChI=1S/C29H35FN4O3S/c30-23-18-36-16-12-26(23)37-29-33-25-17-34(15-11-27(25)38-29)14-10-19-6-8-20(9-7-19)32-28(35)22-3-1-5-24-21(22)4-2-13-31-24/h1-5,13,19-20,23,26H,6-12,14-18H2,(H,32,35). The van der Waals surface area contributed by atoms with Crippen LogP contribution in [0.1, 0.15) is 59.5 Å². The van der Waals surface area contributed by atoms with Gasteiger partial charge >= 0.3 is 0 Å². The molecule has 202 valence electrons. The summed E-state index contributed by atoms with van der Waals surface area (Å²) in [6.07, 6.45) is 7.29. The van der Waals surface area contributed by atoms with Gasteiger partial charge in [-0.3, -0.25) is 14.7 Å². The molecule has 2 fully saturated rings. The summed E-state index contributed by atoms with van der Waals surface area (Å²) in [6, 6.07) is 9.79. The number of benzene rings is 1. The van der Waals surface area contributed by atoms with Gasteiger partial charge in [-0.25, -0.2) is 9.37 Å². The van der Waals surface area contributed by atoms with Crippen molar-refractivity contribution in [2.45, 2.75) is 69.8 Å². The minimum Gasteiger partial charge on any atom is -0.463 e. The molecule has 1 amide bonds. The van der Waals surface area contributed by atoms with E-state index in [9.17, 15) is 9.18 Å². The molecule has 0 radical (unpaired) electrons. The van der Waals surface area contributed by atoms with Gasteiger partial charge in [0.1, 0.15) is 6.10 Å². The van der Waals surface area contributed by atoms with Gasteiger partial charge in [-0.15, -0.1) is 0 Å². The summed E-state index contributed by atoms with van der Waals surface area (Å²) in [5, 5.41) is 4.78. The van der Waals surface area contributed by atoms with Gasteiger partial charge in [0, 0.05) is 47.6 Å². The van der Waals surface area contributed by atoms with E-state index < -0.39 is 12.3 Å². The lowest BCUT2D eigenvalue weighted by atomic mass is 9.84. The predicted molar refractivity (Wildman–Crippen MR) is 145 cm³/mol. The molecule has 1 saturated heterocycles. The second-order valence-corrected chi connectivity index (χ2v) is 11.8. The fourth-order valence-electron chi connectivity index (χ4n) is 5.94. The number of pyridine rings is 1. The molecule has 38 heavy (non-hydrogen) atoms. The lowest BCUT2D eigenvalue weighted by Gasteiger charge is -2.32. The molecular weight excluding hydrogens is 503 g/mol. The molecule has 1 aliphatic carbocycles. The molecular formula is C29H35FN4O3S. The number of hydrogen-bond acceptors (Lipinski definition) is 7. The van der Waals surface area contributed by atoms with Gasteiger partial charge in [0.25, 0.3) is 11.1 Å². The molecule has 3 aliphatic rings. The van der Waals surface area contributed by atoms with Crippen LogP contribution in [0.5, 0.6) is 5.19 Å². The number of carbonyl (C=O) groups is 1. The van der Waals surface area contributed by atoms with Crippen molar-refractivity contribution in [2.75, 3.05) is 26.3 Å². The molecule has 2 aromatic heterocycles. The van der Waals surface area contributed by atoms with Crippen LogP contribution in [-0.2, 0) is 17.7 Å². The van der Waals surface area contributed by atoms with Gasteiger partial charge in [0.05, 0.1) is 24.4 Å². The number of hydrogen-bond donors (Lipinski definition) is 1. The maximum absolute atomic E-state index is 14.1. The van der Waals surface area contributed by atoms with E-state index >= 15 is 0 Å². The van der Waals surface area contributed by atoms with E-state index in [2.05, 4.69) is 15.2 Å². The van der Waals surface area contributed by atoms with Crippen molar-refractivity contribution in [1.29, 1.82) is 0 Å². The molecule has 1 saturated carbocycles. The van der Waals surface area contributed by atoms with E-state index in [1.165, 1.54) is 11.3 Å². The van der Waals surface area contributed by atoms with Crippen molar-refractivity contribution in [3.63, 3.8) is 0 Å². The molecule has 2 unspecified atom stereocenters. The summed E-state index contributed by atoms with van der Waals surface area (Å²) >= 11 is 1.58. The zero-order chi connectivity index (χ0) is 25.9. The number of fused-ring (bicyclic) bond motifs is 2. The lowest BCUT2D eigenvalue weighted by Crippen LogP contribution is -2.38. The Morgan fingerprint density at radius 1 is 1.18 bits per heavy atom. The van der Waals surface area contributed by atoms with Gasteiger partial charge < -0.3 is 14.8 Å². The molecule has 9 heteroatoms. The molecule has 6 rings (SSSR count). The molecule has 1 aromatic carbocycles. The Morgan fingerprint density at radius 3 is 2.95 bits per heavy atom. The molecule has 7 nitrogen and oxygen atoms in total. The number of halogens is 1.